The van der Waals surface area contributed by atoms with Crippen molar-refractivity contribution in [1.82, 2.24) is 5.43 Å². The fraction of sp³-hybridized carbons (Fsp3) is 0.250. The Kier molecular flexibility index (Phi) is 3.50. The molecule has 104 valence electrons. The van der Waals surface area contributed by atoms with Gasteiger partial charge in [0, 0.05) is 16.0 Å². The number of hydrogen-bond acceptors (Lipinski definition) is 2. The molecule has 0 aromatic heterocycles. The fourth-order valence-electron chi connectivity index (χ4n) is 2.93. The number of benzene rings is 2. The molecule has 3 rings (SSSR count). The van der Waals surface area contributed by atoms with Crippen molar-refractivity contribution in [2.24, 2.45) is 5.84 Å². The van der Waals surface area contributed by atoms with Crippen LogP contribution in [0.25, 0.3) is 0 Å². The van der Waals surface area contributed by atoms with Gasteiger partial charge in [-0.15, -0.1) is 0 Å². The van der Waals surface area contributed by atoms with Gasteiger partial charge in [0.2, 0.25) is 0 Å². The van der Waals surface area contributed by atoms with Gasteiger partial charge in [0.25, 0.3) is 0 Å². The molecule has 4 heteroatoms. The molecule has 20 heavy (non-hydrogen) atoms. The van der Waals surface area contributed by atoms with E-state index in [1.54, 1.807) is 12.1 Å². The van der Waals surface area contributed by atoms with Gasteiger partial charge in [0.05, 0.1) is 6.04 Å². The zero-order valence-electron chi connectivity index (χ0n) is 10.9. The van der Waals surface area contributed by atoms with E-state index in [1.165, 1.54) is 11.6 Å². The third kappa shape index (κ3) is 2.22. The summed E-state index contributed by atoms with van der Waals surface area (Å²) in [6.45, 7) is 0. The molecule has 1 unspecified atom stereocenters. The molecule has 0 saturated heterocycles. The van der Waals surface area contributed by atoms with Gasteiger partial charge < -0.3 is 0 Å². The largest absolute Gasteiger partial charge is 0.271 e. The molecule has 1 aliphatic rings. The van der Waals surface area contributed by atoms with Gasteiger partial charge >= 0.3 is 0 Å². The highest BCUT2D eigenvalue weighted by molar-refractivity contribution is 6.30. The minimum absolute atomic E-state index is 0.120. The Hall–Kier alpha value is -1.42. The molecular weight excluding hydrogens is 275 g/mol. The minimum Gasteiger partial charge on any atom is -0.271 e. The van der Waals surface area contributed by atoms with E-state index >= 15 is 0 Å². The number of hydrazine groups is 1. The van der Waals surface area contributed by atoms with E-state index in [1.807, 2.05) is 18.2 Å². The molecule has 3 N–H and O–H groups in total. The first kappa shape index (κ1) is 13.6. The number of rotatable bonds is 4. The molecule has 2 aromatic carbocycles. The maximum Gasteiger partial charge on any atom is 0.129 e. The minimum atomic E-state index is -0.317. The van der Waals surface area contributed by atoms with Gasteiger partial charge in [-0.05, 0) is 30.5 Å². The molecule has 0 spiro atoms. The van der Waals surface area contributed by atoms with Crippen molar-refractivity contribution in [2.45, 2.75) is 24.3 Å². The highest BCUT2D eigenvalue weighted by atomic mass is 35.5. The Bertz CT molecular complexity index is 611. The summed E-state index contributed by atoms with van der Waals surface area (Å²) in [7, 11) is 0. The first-order chi connectivity index (χ1) is 9.67. The summed E-state index contributed by atoms with van der Waals surface area (Å²) in [6.07, 6.45) is 1.99. The van der Waals surface area contributed by atoms with Crippen LogP contribution in [-0.4, -0.2) is 0 Å². The molecule has 1 atom stereocenters. The second-order valence-electron chi connectivity index (χ2n) is 5.29. The van der Waals surface area contributed by atoms with Crippen LogP contribution in [0.1, 0.15) is 30.0 Å². The third-order valence-electron chi connectivity index (χ3n) is 4.13. The van der Waals surface area contributed by atoms with Crippen LogP contribution in [0.3, 0.4) is 0 Å². The summed E-state index contributed by atoms with van der Waals surface area (Å²) in [5.74, 6) is 5.41. The van der Waals surface area contributed by atoms with Gasteiger partial charge in [-0.25, -0.2) is 4.39 Å². The van der Waals surface area contributed by atoms with Crippen LogP contribution in [0.5, 0.6) is 0 Å². The SMILES string of the molecule is NNC(c1ccc(Cl)cc1F)C1(c2ccccc2)CC1. The summed E-state index contributed by atoms with van der Waals surface area (Å²) in [5, 5.41) is 0.395. The lowest BCUT2D eigenvalue weighted by Crippen LogP contribution is -2.37. The monoisotopic (exact) mass is 290 g/mol. The Morgan fingerprint density at radius 1 is 1.15 bits per heavy atom. The zero-order valence-corrected chi connectivity index (χ0v) is 11.7. The van der Waals surface area contributed by atoms with E-state index in [-0.39, 0.29) is 17.3 Å². The second-order valence-corrected chi connectivity index (χ2v) is 5.72. The first-order valence-corrected chi connectivity index (χ1v) is 7.02. The van der Waals surface area contributed by atoms with Gasteiger partial charge in [-0.1, -0.05) is 48.0 Å². The van der Waals surface area contributed by atoms with Gasteiger partial charge in [-0.3, -0.25) is 11.3 Å². The van der Waals surface area contributed by atoms with Gasteiger partial charge in [-0.2, -0.15) is 0 Å². The topological polar surface area (TPSA) is 38.0 Å². The standard InChI is InChI=1S/C16H16ClFN2/c17-12-6-7-13(14(18)10-12)15(20-19)16(8-9-16)11-4-2-1-3-5-11/h1-7,10,15,20H,8-9,19H2. The maximum absolute atomic E-state index is 14.2. The fourth-order valence-corrected chi connectivity index (χ4v) is 3.09. The van der Waals surface area contributed by atoms with Crippen molar-refractivity contribution in [3.8, 4) is 0 Å². The highest BCUT2D eigenvalue weighted by Gasteiger charge is 2.51. The van der Waals surface area contributed by atoms with E-state index < -0.39 is 0 Å². The molecule has 0 bridgehead atoms. The first-order valence-electron chi connectivity index (χ1n) is 6.64. The molecule has 0 amide bonds. The molecule has 0 heterocycles. The van der Waals surface area contributed by atoms with Crippen LogP contribution < -0.4 is 11.3 Å². The third-order valence-corrected chi connectivity index (χ3v) is 4.37. The lowest BCUT2D eigenvalue weighted by atomic mass is 9.84. The molecule has 0 aliphatic heterocycles. The van der Waals surface area contributed by atoms with Gasteiger partial charge in [0.1, 0.15) is 5.82 Å². The van der Waals surface area contributed by atoms with Crippen LogP contribution >= 0.6 is 11.6 Å². The Labute approximate surface area is 122 Å². The van der Waals surface area contributed by atoms with E-state index in [0.717, 1.165) is 12.8 Å². The summed E-state index contributed by atoms with van der Waals surface area (Å²) in [6, 6.07) is 14.6. The molecule has 0 radical (unpaired) electrons. The molecule has 2 aromatic rings. The van der Waals surface area contributed by atoms with Crippen LogP contribution in [0.15, 0.2) is 48.5 Å². The average Bonchev–Trinajstić information content (AvgIpc) is 3.25. The van der Waals surface area contributed by atoms with E-state index in [2.05, 4.69) is 17.6 Å². The average molecular weight is 291 g/mol. The Balaban J connectivity index is 2.02. The number of halogens is 2. The van der Waals surface area contributed by atoms with Crippen LogP contribution in [0, 0.1) is 5.82 Å². The molecule has 2 nitrogen and oxygen atoms in total. The number of nitrogens with two attached hydrogens (primary N) is 1. The number of hydrogen-bond donors (Lipinski definition) is 2. The van der Waals surface area contributed by atoms with E-state index in [4.69, 9.17) is 17.4 Å². The van der Waals surface area contributed by atoms with Crippen LogP contribution in [-0.2, 0) is 5.41 Å². The highest BCUT2D eigenvalue weighted by Crippen LogP contribution is 2.56. The van der Waals surface area contributed by atoms with Crippen LogP contribution in [0.2, 0.25) is 5.02 Å². The smallest absolute Gasteiger partial charge is 0.129 e. The van der Waals surface area contributed by atoms with Crippen molar-refractivity contribution in [3.05, 3.63) is 70.5 Å². The predicted molar refractivity (Wildman–Crippen MR) is 78.8 cm³/mol. The van der Waals surface area contributed by atoms with E-state index in [9.17, 15) is 4.39 Å². The molecule has 1 aliphatic carbocycles. The molecule has 1 saturated carbocycles. The van der Waals surface area contributed by atoms with Crippen molar-refractivity contribution in [1.29, 1.82) is 0 Å². The summed E-state index contributed by atoms with van der Waals surface area (Å²) in [4.78, 5) is 0. The number of nitrogens with one attached hydrogen (secondary N) is 1. The quantitative estimate of drug-likeness (QED) is 0.665. The molecular formula is C16H16ClFN2. The normalized spacial score (nSPS) is 17.8. The summed E-state index contributed by atoms with van der Waals surface area (Å²) in [5.41, 5.74) is 4.44. The van der Waals surface area contributed by atoms with Crippen LogP contribution in [0.4, 0.5) is 4.39 Å². The summed E-state index contributed by atoms with van der Waals surface area (Å²) >= 11 is 5.82. The Morgan fingerprint density at radius 2 is 1.85 bits per heavy atom. The zero-order chi connectivity index (χ0) is 14.2. The van der Waals surface area contributed by atoms with Crippen molar-refractivity contribution < 1.29 is 4.39 Å². The van der Waals surface area contributed by atoms with Crippen molar-refractivity contribution in [2.75, 3.05) is 0 Å². The predicted octanol–water partition coefficient (Wildman–Crippen LogP) is 3.72. The summed E-state index contributed by atoms with van der Waals surface area (Å²) < 4.78 is 14.2. The lowest BCUT2D eigenvalue weighted by molar-refractivity contribution is 0.421. The van der Waals surface area contributed by atoms with E-state index in [0.29, 0.717) is 10.6 Å². The maximum atomic E-state index is 14.2. The van der Waals surface area contributed by atoms with Crippen molar-refractivity contribution in [3.63, 3.8) is 0 Å². The second kappa shape index (κ2) is 5.17. The lowest BCUT2D eigenvalue weighted by Gasteiger charge is -2.27. The molecule has 1 fully saturated rings. The Morgan fingerprint density at radius 3 is 2.40 bits per heavy atom. The van der Waals surface area contributed by atoms with Gasteiger partial charge in [0.15, 0.2) is 0 Å². The van der Waals surface area contributed by atoms with Crippen molar-refractivity contribution >= 4 is 11.6 Å².